The van der Waals surface area contributed by atoms with E-state index in [9.17, 15) is 4.39 Å². The van der Waals surface area contributed by atoms with Gasteiger partial charge in [0, 0.05) is 30.9 Å². The minimum absolute atomic E-state index is 0.376. The van der Waals surface area contributed by atoms with Crippen molar-refractivity contribution in [2.24, 2.45) is 0 Å². The fraction of sp³-hybridized carbons (Fsp3) is 0.733. The van der Waals surface area contributed by atoms with Crippen LogP contribution in [0.25, 0.3) is 0 Å². The molecule has 22 heavy (non-hydrogen) atoms. The molecule has 0 unspecified atom stereocenters. The van der Waals surface area contributed by atoms with E-state index in [-0.39, 0.29) is 11.2 Å². The number of halogens is 1. The Hall–Kier alpha value is -1.21. The summed E-state index contributed by atoms with van der Waals surface area (Å²) in [4.78, 5) is 10.8. The van der Waals surface area contributed by atoms with Crippen molar-refractivity contribution in [1.82, 2.24) is 9.97 Å². The van der Waals surface area contributed by atoms with Crippen molar-refractivity contribution in [3.63, 3.8) is 0 Å². The summed E-state index contributed by atoms with van der Waals surface area (Å²) in [7, 11) is -0.448. The van der Waals surface area contributed by atoms with Gasteiger partial charge >= 0.3 is 7.12 Å². The van der Waals surface area contributed by atoms with Crippen molar-refractivity contribution in [2.75, 3.05) is 18.0 Å². The van der Waals surface area contributed by atoms with Crippen LogP contribution >= 0.6 is 0 Å². The van der Waals surface area contributed by atoms with Crippen molar-refractivity contribution in [3.05, 3.63) is 12.4 Å². The van der Waals surface area contributed by atoms with Gasteiger partial charge in [0.25, 0.3) is 0 Å². The molecule has 0 N–H and O–H groups in total. The summed E-state index contributed by atoms with van der Waals surface area (Å²) in [5.74, 6) is 0.646. The monoisotopic (exact) mass is 307 g/mol. The molecule has 3 heterocycles. The van der Waals surface area contributed by atoms with E-state index >= 15 is 0 Å². The molecule has 2 fully saturated rings. The van der Waals surface area contributed by atoms with E-state index in [2.05, 4.69) is 9.97 Å². The van der Waals surface area contributed by atoms with Crippen LogP contribution in [0.4, 0.5) is 10.3 Å². The maximum Gasteiger partial charge on any atom is 0.498 e. The Bertz CT molecular complexity index is 514. The van der Waals surface area contributed by atoms with Crippen molar-refractivity contribution < 1.29 is 13.7 Å². The molecule has 0 atom stereocenters. The highest BCUT2D eigenvalue weighted by Gasteiger charge is 2.51. The molecule has 0 aromatic carbocycles. The molecule has 2 saturated heterocycles. The average molecular weight is 307 g/mol. The fourth-order valence-corrected chi connectivity index (χ4v) is 2.64. The van der Waals surface area contributed by atoms with E-state index in [1.165, 1.54) is 0 Å². The maximum atomic E-state index is 13.2. The first-order valence-electron chi connectivity index (χ1n) is 7.85. The van der Waals surface area contributed by atoms with Crippen molar-refractivity contribution >= 4 is 18.5 Å². The van der Waals surface area contributed by atoms with Crippen LogP contribution in [0.15, 0.2) is 12.4 Å². The Morgan fingerprint density at radius 1 is 1.09 bits per heavy atom. The number of aromatic nitrogens is 2. The van der Waals surface area contributed by atoms with Gasteiger partial charge in [-0.15, -0.1) is 0 Å². The predicted octanol–water partition coefficient (Wildman–Crippen LogP) is 1.71. The number of alkyl halides is 1. The Morgan fingerprint density at radius 3 is 2.09 bits per heavy atom. The number of nitrogens with zero attached hydrogens (tertiary/aromatic N) is 3. The van der Waals surface area contributed by atoms with Gasteiger partial charge in [-0.05, 0) is 40.5 Å². The first-order valence-corrected chi connectivity index (χ1v) is 7.85. The van der Waals surface area contributed by atoms with Crippen LogP contribution < -0.4 is 10.4 Å². The van der Waals surface area contributed by atoms with E-state index < -0.39 is 13.3 Å². The van der Waals surface area contributed by atoms with Crippen LogP contribution in [0.2, 0.25) is 0 Å². The largest absolute Gasteiger partial charge is 0.498 e. The van der Waals surface area contributed by atoms with E-state index in [1.54, 1.807) is 12.4 Å². The summed E-state index contributed by atoms with van der Waals surface area (Å²) in [6.07, 6.45) is 3.88. The van der Waals surface area contributed by atoms with E-state index in [0.717, 1.165) is 5.46 Å². The average Bonchev–Trinajstić information content (AvgIpc) is 2.68. The van der Waals surface area contributed by atoms with Gasteiger partial charge in [0.05, 0.1) is 11.2 Å². The smallest absolute Gasteiger partial charge is 0.399 e. The summed E-state index contributed by atoms with van der Waals surface area (Å²) in [5.41, 5.74) is 0.0568. The molecule has 5 nitrogen and oxygen atoms in total. The quantitative estimate of drug-likeness (QED) is 0.779. The van der Waals surface area contributed by atoms with Gasteiger partial charge in [-0.3, -0.25) is 0 Å². The van der Waals surface area contributed by atoms with Crippen molar-refractivity contribution in [1.29, 1.82) is 0 Å². The molecule has 0 aliphatic carbocycles. The zero-order valence-corrected chi connectivity index (χ0v) is 13.7. The minimum atomic E-state index is -0.694. The highest BCUT2D eigenvalue weighted by atomic mass is 19.1. The molecular formula is C15H23BFN3O2. The highest BCUT2D eigenvalue weighted by Crippen LogP contribution is 2.36. The second kappa shape index (κ2) is 5.46. The summed E-state index contributed by atoms with van der Waals surface area (Å²) in [5, 5.41) is 0. The van der Waals surface area contributed by atoms with E-state index in [4.69, 9.17) is 9.31 Å². The first kappa shape index (κ1) is 15.7. The summed E-state index contributed by atoms with van der Waals surface area (Å²) in [6, 6.07) is 0. The SMILES string of the molecule is CC1(C)OB(c2cnc(N3CCC(F)CC3)nc2)OC1(C)C. The third-order valence-electron chi connectivity index (χ3n) is 4.89. The Labute approximate surface area is 131 Å². The van der Waals surface area contributed by atoms with Crippen LogP contribution in [0.1, 0.15) is 40.5 Å². The number of rotatable bonds is 2. The molecule has 0 bridgehead atoms. The number of anilines is 1. The maximum absolute atomic E-state index is 13.2. The third kappa shape index (κ3) is 2.84. The molecule has 2 aliphatic rings. The number of hydrogen-bond acceptors (Lipinski definition) is 5. The van der Waals surface area contributed by atoms with E-state index in [0.29, 0.717) is 31.9 Å². The lowest BCUT2D eigenvalue weighted by Gasteiger charge is -2.32. The molecular weight excluding hydrogens is 284 g/mol. The lowest BCUT2D eigenvalue weighted by molar-refractivity contribution is 0.00578. The van der Waals surface area contributed by atoms with Gasteiger partial charge in [-0.25, -0.2) is 14.4 Å². The molecule has 0 spiro atoms. The first-order chi connectivity index (χ1) is 10.3. The standard InChI is InChI=1S/C15H23BFN3O2/c1-14(2)15(3,4)22-16(21-14)11-9-18-13(19-10-11)20-7-5-12(17)6-8-20/h9-10,12H,5-8H2,1-4H3. The normalized spacial score (nSPS) is 24.8. The fourth-order valence-electron chi connectivity index (χ4n) is 2.64. The van der Waals surface area contributed by atoms with Gasteiger partial charge < -0.3 is 14.2 Å². The van der Waals surface area contributed by atoms with Crippen LogP contribution in [-0.2, 0) is 9.31 Å². The molecule has 0 amide bonds. The summed E-state index contributed by atoms with van der Waals surface area (Å²) in [6.45, 7) is 9.40. The van der Waals surface area contributed by atoms with Gasteiger partial charge in [-0.1, -0.05) is 0 Å². The van der Waals surface area contributed by atoms with Gasteiger partial charge in [0.2, 0.25) is 5.95 Å². The van der Waals surface area contributed by atoms with Crippen LogP contribution in [0.5, 0.6) is 0 Å². The third-order valence-corrected chi connectivity index (χ3v) is 4.89. The van der Waals surface area contributed by atoms with Crippen molar-refractivity contribution in [3.8, 4) is 0 Å². The molecule has 1 aromatic heterocycles. The lowest BCUT2D eigenvalue weighted by Crippen LogP contribution is -2.41. The molecule has 0 radical (unpaired) electrons. The second-order valence-corrected chi connectivity index (χ2v) is 7.07. The van der Waals surface area contributed by atoms with E-state index in [1.807, 2.05) is 32.6 Å². The van der Waals surface area contributed by atoms with Crippen molar-refractivity contribution in [2.45, 2.75) is 57.9 Å². The zero-order valence-electron chi connectivity index (χ0n) is 13.7. The molecule has 0 saturated carbocycles. The summed E-state index contributed by atoms with van der Waals surface area (Å²) < 4.78 is 25.2. The Balaban J connectivity index is 1.70. The minimum Gasteiger partial charge on any atom is -0.399 e. The van der Waals surface area contributed by atoms with Gasteiger partial charge in [0.15, 0.2) is 0 Å². The lowest BCUT2D eigenvalue weighted by atomic mass is 9.81. The predicted molar refractivity (Wildman–Crippen MR) is 84.1 cm³/mol. The van der Waals surface area contributed by atoms with Gasteiger partial charge in [0.1, 0.15) is 6.17 Å². The van der Waals surface area contributed by atoms with Crippen LogP contribution in [0, 0.1) is 0 Å². The van der Waals surface area contributed by atoms with Crippen LogP contribution in [0.3, 0.4) is 0 Å². The molecule has 3 rings (SSSR count). The Kier molecular flexibility index (Phi) is 3.89. The molecule has 7 heteroatoms. The molecule has 2 aliphatic heterocycles. The number of hydrogen-bond donors (Lipinski definition) is 0. The Morgan fingerprint density at radius 2 is 1.59 bits per heavy atom. The van der Waals surface area contributed by atoms with Gasteiger partial charge in [-0.2, -0.15) is 0 Å². The second-order valence-electron chi connectivity index (χ2n) is 7.07. The summed E-state index contributed by atoms with van der Waals surface area (Å²) >= 11 is 0. The number of piperidine rings is 1. The zero-order chi connectivity index (χ0) is 16.0. The molecule has 1 aromatic rings. The van der Waals surface area contributed by atoms with Crippen LogP contribution in [-0.4, -0.2) is 47.5 Å². The highest BCUT2D eigenvalue weighted by molar-refractivity contribution is 6.61. The molecule has 120 valence electrons. The topological polar surface area (TPSA) is 47.5 Å².